The average Bonchev–Trinajstić information content (AvgIpc) is 2.82. The number of aryl methyl sites for hydroxylation is 1. The van der Waals surface area contributed by atoms with Crippen molar-refractivity contribution in [3.05, 3.63) is 99.1 Å². The van der Waals surface area contributed by atoms with E-state index in [9.17, 15) is 9.59 Å². The number of nitrogens with zero attached hydrogens (tertiary/aromatic N) is 1. The highest BCUT2D eigenvalue weighted by Crippen LogP contribution is 2.17. The van der Waals surface area contributed by atoms with Crippen LogP contribution in [0.1, 0.15) is 30.5 Å². The fourth-order valence-electron chi connectivity index (χ4n) is 3.58. The Hall–Kier alpha value is -2.87. The number of ether oxygens (including phenoxy) is 1. The molecule has 0 aromatic heterocycles. The maximum Gasteiger partial charge on any atom is 0.261 e. The number of carbonyl (C=O) groups is 2. The Morgan fingerprint density at radius 1 is 0.912 bits per heavy atom. The van der Waals surface area contributed by atoms with E-state index in [4.69, 9.17) is 4.74 Å². The molecule has 3 aromatic carbocycles. The zero-order chi connectivity index (χ0) is 24.5. The zero-order valence-electron chi connectivity index (χ0n) is 19.8. The van der Waals surface area contributed by atoms with Crippen LogP contribution < -0.4 is 10.1 Å². The van der Waals surface area contributed by atoms with E-state index in [1.54, 1.807) is 4.90 Å². The maximum atomic E-state index is 13.5. The minimum atomic E-state index is -0.668. The van der Waals surface area contributed by atoms with Gasteiger partial charge in [-0.25, -0.2) is 0 Å². The van der Waals surface area contributed by atoms with Gasteiger partial charge in [-0.1, -0.05) is 60.2 Å². The van der Waals surface area contributed by atoms with Gasteiger partial charge < -0.3 is 15.0 Å². The van der Waals surface area contributed by atoms with Crippen LogP contribution in [-0.2, 0) is 22.6 Å². The van der Waals surface area contributed by atoms with Crippen LogP contribution in [0.5, 0.6) is 5.75 Å². The molecule has 34 heavy (non-hydrogen) atoms. The van der Waals surface area contributed by atoms with Gasteiger partial charge in [-0.05, 0) is 78.8 Å². The lowest BCUT2D eigenvalue weighted by atomic mass is 10.0. The quantitative estimate of drug-likeness (QED) is 0.344. The van der Waals surface area contributed by atoms with Gasteiger partial charge in [0.05, 0.1) is 0 Å². The van der Waals surface area contributed by atoms with E-state index in [-0.39, 0.29) is 24.5 Å². The summed E-state index contributed by atoms with van der Waals surface area (Å²) in [5.41, 5.74) is 3.09. The van der Waals surface area contributed by atoms with Gasteiger partial charge in [0.25, 0.3) is 5.91 Å². The number of benzene rings is 3. The van der Waals surface area contributed by atoms with Gasteiger partial charge in [-0.3, -0.25) is 9.59 Å². The molecule has 0 aliphatic heterocycles. The summed E-state index contributed by atoms with van der Waals surface area (Å²) in [7, 11) is 0. The molecule has 0 radical (unpaired) electrons. The number of halogens is 1. The number of rotatable bonds is 10. The second kappa shape index (κ2) is 12.6. The second-order valence-corrected chi connectivity index (χ2v) is 9.86. The Morgan fingerprint density at radius 3 is 2.18 bits per heavy atom. The zero-order valence-corrected chi connectivity index (χ0v) is 22.0. The first kappa shape index (κ1) is 25.7. The van der Waals surface area contributed by atoms with Gasteiger partial charge >= 0.3 is 0 Å². The standard InChI is InChI=1S/C28H31IN2O3/c1-20(2)30-28(33)26(17-22-7-5-4-6-8-22)31(18-23-11-9-21(3)10-12-23)27(32)19-34-25-15-13-24(29)14-16-25/h4-16,20,26H,17-19H2,1-3H3,(H,30,33)/t26-/m1/s1. The first-order valence-electron chi connectivity index (χ1n) is 11.4. The molecule has 0 unspecified atom stereocenters. The molecule has 5 nitrogen and oxygen atoms in total. The van der Waals surface area contributed by atoms with Crippen molar-refractivity contribution in [3.8, 4) is 5.75 Å². The average molecular weight is 570 g/mol. The van der Waals surface area contributed by atoms with Gasteiger partial charge in [0.1, 0.15) is 11.8 Å². The fraction of sp³-hybridized carbons (Fsp3) is 0.286. The van der Waals surface area contributed by atoms with Crippen LogP contribution >= 0.6 is 22.6 Å². The summed E-state index contributed by atoms with van der Waals surface area (Å²) < 4.78 is 6.88. The molecule has 178 valence electrons. The highest BCUT2D eigenvalue weighted by atomic mass is 127. The van der Waals surface area contributed by atoms with E-state index in [1.807, 2.05) is 99.6 Å². The third-order valence-electron chi connectivity index (χ3n) is 5.35. The molecule has 6 heteroatoms. The Morgan fingerprint density at radius 2 is 1.56 bits per heavy atom. The molecule has 1 N–H and O–H groups in total. The molecule has 0 bridgehead atoms. The Labute approximate surface area is 215 Å². The van der Waals surface area contributed by atoms with E-state index in [0.29, 0.717) is 18.7 Å². The van der Waals surface area contributed by atoms with Gasteiger partial charge in [0.15, 0.2) is 6.61 Å². The van der Waals surface area contributed by atoms with Crippen LogP contribution in [0.25, 0.3) is 0 Å². The van der Waals surface area contributed by atoms with E-state index < -0.39 is 6.04 Å². The summed E-state index contributed by atoms with van der Waals surface area (Å²) in [6.07, 6.45) is 0.417. The summed E-state index contributed by atoms with van der Waals surface area (Å²) in [4.78, 5) is 28.5. The summed E-state index contributed by atoms with van der Waals surface area (Å²) in [5.74, 6) is 0.211. The molecule has 1 atom stereocenters. The van der Waals surface area contributed by atoms with Crippen molar-refractivity contribution >= 4 is 34.4 Å². The number of carbonyl (C=O) groups excluding carboxylic acids is 2. The summed E-state index contributed by atoms with van der Waals surface area (Å²) in [6.45, 7) is 6.04. The largest absolute Gasteiger partial charge is 0.484 e. The first-order chi connectivity index (χ1) is 16.3. The van der Waals surface area contributed by atoms with Crippen molar-refractivity contribution < 1.29 is 14.3 Å². The van der Waals surface area contributed by atoms with Crippen molar-refractivity contribution in [2.75, 3.05) is 6.61 Å². The van der Waals surface area contributed by atoms with Gasteiger partial charge in [0, 0.05) is 22.6 Å². The Bertz CT molecular complexity index is 1070. The fourth-order valence-corrected chi connectivity index (χ4v) is 3.94. The molecule has 2 amide bonds. The van der Waals surface area contributed by atoms with Crippen molar-refractivity contribution in [1.82, 2.24) is 10.2 Å². The highest BCUT2D eigenvalue weighted by Gasteiger charge is 2.31. The van der Waals surface area contributed by atoms with E-state index in [2.05, 4.69) is 27.9 Å². The van der Waals surface area contributed by atoms with Gasteiger partial charge in [-0.2, -0.15) is 0 Å². The minimum absolute atomic E-state index is 0.0369. The third kappa shape index (κ3) is 7.87. The maximum absolute atomic E-state index is 13.5. The predicted molar refractivity (Wildman–Crippen MR) is 144 cm³/mol. The van der Waals surface area contributed by atoms with Crippen LogP contribution in [-0.4, -0.2) is 35.4 Å². The predicted octanol–water partition coefficient (Wildman–Crippen LogP) is 5.14. The van der Waals surface area contributed by atoms with Crippen LogP contribution in [0.4, 0.5) is 0 Å². The minimum Gasteiger partial charge on any atom is -0.484 e. The third-order valence-corrected chi connectivity index (χ3v) is 6.07. The topological polar surface area (TPSA) is 58.6 Å². The lowest BCUT2D eigenvalue weighted by molar-refractivity contribution is -0.143. The van der Waals surface area contributed by atoms with Gasteiger partial charge in [-0.15, -0.1) is 0 Å². The molecule has 0 heterocycles. The summed E-state index contributed by atoms with van der Waals surface area (Å²) in [5, 5.41) is 3.00. The van der Waals surface area contributed by atoms with Crippen molar-refractivity contribution in [2.24, 2.45) is 0 Å². The number of hydrogen-bond acceptors (Lipinski definition) is 3. The Balaban J connectivity index is 1.89. The summed E-state index contributed by atoms with van der Waals surface area (Å²) in [6, 6.07) is 24.6. The summed E-state index contributed by atoms with van der Waals surface area (Å²) >= 11 is 2.22. The number of hydrogen-bond donors (Lipinski definition) is 1. The molecule has 0 spiro atoms. The molecule has 0 saturated carbocycles. The lowest BCUT2D eigenvalue weighted by Gasteiger charge is -2.32. The molecule has 0 aliphatic carbocycles. The number of nitrogens with one attached hydrogen (secondary N) is 1. The first-order valence-corrected chi connectivity index (χ1v) is 12.5. The molecule has 0 fully saturated rings. The number of amides is 2. The molecular weight excluding hydrogens is 539 g/mol. The molecular formula is C28H31IN2O3. The second-order valence-electron chi connectivity index (χ2n) is 8.62. The van der Waals surface area contributed by atoms with Crippen LogP contribution in [0.2, 0.25) is 0 Å². The molecule has 0 saturated heterocycles. The monoisotopic (exact) mass is 570 g/mol. The Kier molecular flexibility index (Phi) is 9.51. The molecule has 3 rings (SSSR count). The van der Waals surface area contributed by atoms with Crippen LogP contribution in [0, 0.1) is 10.5 Å². The lowest BCUT2D eigenvalue weighted by Crippen LogP contribution is -2.52. The highest BCUT2D eigenvalue weighted by molar-refractivity contribution is 14.1. The van der Waals surface area contributed by atoms with Gasteiger partial charge in [0.2, 0.25) is 5.91 Å². The molecule has 0 aliphatic rings. The van der Waals surface area contributed by atoms with Crippen LogP contribution in [0.15, 0.2) is 78.9 Å². The smallest absolute Gasteiger partial charge is 0.261 e. The van der Waals surface area contributed by atoms with E-state index in [1.165, 1.54) is 0 Å². The normalized spacial score (nSPS) is 11.7. The van der Waals surface area contributed by atoms with Crippen molar-refractivity contribution in [3.63, 3.8) is 0 Å². The van der Waals surface area contributed by atoms with Crippen molar-refractivity contribution in [1.29, 1.82) is 0 Å². The van der Waals surface area contributed by atoms with Crippen LogP contribution in [0.3, 0.4) is 0 Å². The van der Waals surface area contributed by atoms with Crippen molar-refractivity contribution in [2.45, 2.75) is 45.8 Å². The van der Waals surface area contributed by atoms with E-state index >= 15 is 0 Å². The SMILES string of the molecule is Cc1ccc(CN(C(=O)COc2ccc(I)cc2)[C@H](Cc2ccccc2)C(=O)NC(C)C)cc1. The van der Waals surface area contributed by atoms with E-state index in [0.717, 1.165) is 20.3 Å². The molecule has 3 aromatic rings.